The van der Waals surface area contributed by atoms with Gasteiger partial charge in [-0.2, -0.15) is 0 Å². The maximum Gasteiger partial charge on any atom is 0.211 e. The molecular formula is C26H20N2+2. The van der Waals surface area contributed by atoms with Crippen molar-refractivity contribution in [2.75, 3.05) is 0 Å². The van der Waals surface area contributed by atoms with E-state index in [1.165, 1.54) is 43.5 Å². The second-order valence-electron chi connectivity index (χ2n) is 6.87. The lowest BCUT2D eigenvalue weighted by Crippen LogP contribution is -2.04. The van der Waals surface area contributed by atoms with Crippen LogP contribution < -0.4 is 9.97 Å². The van der Waals surface area contributed by atoms with Crippen LogP contribution in [0.25, 0.3) is 43.5 Å². The summed E-state index contributed by atoms with van der Waals surface area (Å²) in [6.45, 7) is 0. The Bertz CT molecular complexity index is 1240. The Morgan fingerprint density at radius 1 is 0.429 bits per heavy atom. The highest BCUT2D eigenvalue weighted by Gasteiger charge is 2.04. The SMILES string of the molecule is c1ccc2[nH+]c3ccccc3cc2c1.c1ccc2c(c1)c[nH+]c1ccccc12. The van der Waals surface area contributed by atoms with E-state index in [1.54, 1.807) is 0 Å². The predicted molar refractivity (Wildman–Crippen MR) is 116 cm³/mol. The minimum atomic E-state index is 1.19. The summed E-state index contributed by atoms with van der Waals surface area (Å²) in [5.74, 6) is 0. The van der Waals surface area contributed by atoms with Gasteiger partial charge in [0.25, 0.3) is 0 Å². The number of aromatic nitrogens is 2. The topological polar surface area (TPSA) is 28.3 Å². The zero-order valence-corrected chi connectivity index (χ0v) is 15.4. The van der Waals surface area contributed by atoms with Gasteiger partial charge in [0, 0.05) is 39.7 Å². The first-order valence-electron chi connectivity index (χ1n) is 9.46. The summed E-state index contributed by atoms with van der Waals surface area (Å²) in [7, 11) is 0. The van der Waals surface area contributed by atoms with Crippen molar-refractivity contribution in [3.05, 3.63) is 109 Å². The summed E-state index contributed by atoms with van der Waals surface area (Å²) in [5, 5.41) is 6.36. The molecule has 2 heteroatoms. The second kappa shape index (κ2) is 7.09. The third-order valence-corrected chi connectivity index (χ3v) is 5.06. The molecule has 0 fully saturated rings. The first-order valence-corrected chi connectivity index (χ1v) is 9.46. The fourth-order valence-electron chi connectivity index (χ4n) is 3.65. The monoisotopic (exact) mass is 360 g/mol. The van der Waals surface area contributed by atoms with Crippen LogP contribution in [-0.2, 0) is 0 Å². The van der Waals surface area contributed by atoms with Crippen molar-refractivity contribution in [1.82, 2.24) is 0 Å². The second-order valence-corrected chi connectivity index (χ2v) is 6.87. The molecule has 0 radical (unpaired) electrons. The van der Waals surface area contributed by atoms with Crippen molar-refractivity contribution < 1.29 is 9.97 Å². The number of rotatable bonds is 0. The van der Waals surface area contributed by atoms with Gasteiger partial charge in [-0.3, -0.25) is 0 Å². The number of aromatic amines is 2. The first kappa shape index (κ1) is 16.4. The summed E-state index contributed by atoms with van der Waals surface area (Å²) in [4.78, 5) is 6.70. The van der Waals surface area contributed by atoms with Crippen LogP contribution >= 0.6 is 0 Å². The largest absolute Gasteiger partial charge is 0.211 e. The standard InChI is InChI=1S/2C13H9N/c1-3-7-12-10(5-1)9-11-6-2-4-8-13(11)14-12;1-2-6-11-10(5-1)9-14-13-8-4-3-7-12(11)13/h2*1-9H/p+2. The molecule has 0 aliphatic rings. The highest BCUT2D eigenvalue weighted by molar-refractivity contribution is 6.03. The molecule has 2 nitrogen and oxygen atoms in total. The van der Waals surface area contributed by atoms with Gasteiger partial charge in [-0.25, -0.2) is 9.97 Å². The lowest BCUT2D eigenvalue weighted by Gasteiger charge is -1.97. The third kappa shape index (κ3) is 3.06. The molecule has 132 valence electrons. The number of H-pyrrole nitrogens is 2. The van der Waals surface area contributed by atoms with Gasteiger partial charge in [-0.05, 0) is 30.3 Å². The fraction of sp³-hybridized carbons (Fsp3) is 0. The molecule has 0 aliphatic carbocycles. The smallest absolute Gasteiger partial charge is 0.210 e. The number of hydrogen-bond donors (Lipinski definition) is 0. The predicted octanol–water partition coefficient (Wildman–Crippen LogP) is 5.61. The number of fused-ring (bicyclic) bond motifs is 5. The van der Waals surface area contributed by atoms with E-state index >= 15 is 0 Å². The zero-order valence-electron chi connectivity index (χ0n) is 15.4. The molecule has 0 unspecified atom stereocenters. The maximum atomic E-state index is 3.41. The molecule has 2 aromatic heterocycles. The minimum Gasteiger partial charge on any atom is -0.210 e. The summed E-state index contributed by atoms with van der Waals surface area (Å²) < 4.78 is 0. The van der Waals surface area contributed by atoms with Crippen LogP contribution in [0.2, 0.25) is 0 Å². The average Bonchev–Trinajstić information content (AvgIpc) is 2.78. The van der Waals surface area contributed by atoms with Gasteiger partial charge >= 0.3 is 0 Å². The van der Waals surface area contributed by atoms with E-state index < -0.39 is 0 Å². The quantitative estimate of drug-likeness (QED) is 0.249. The van der Waals surface area contributed by atoms with Gasteiger partial charge in [0.15, 0.2) is 6.20 Å². The number of hydrogen-bond acceptors (Lipinski definition) is 0. The Hall–Kier alpha value is -3.78. The Labute approximate surface area is 163 Å². The van der Waals surface area contributed by atoms with E-state index in [-0.39, 0.29) is 0 Å². The van der Waals surface area contributed by atoms with Gasteiger partial charge < -0.3 is 0 Å². The molecule has 2 N–H and O–H groups in total. The number of para-hydroxylation sites is 3. The Morgan fingerprint density at radius 3 is 1.61 bits per heavy atom. The van der Waals surface area contributed by atoms with Crippen molar-refractivity contribution in [2.24, 2.45) is 0 Å². The lowest BCUT2D eigenvalue weighted by molar-refractivity contribution is -0.342. The van der Waals surface area contributed by atoms with Crippen molar-refractivity contribution >= 4 is 43.5 Å². The van der Waals surface area contributed by atoms with E-state index in [1.807, 2.05) is 18.2 Å². The summed E-state index contributed by atoms with van der Waals surface area (Å²) in [5.41, 5.74) is 3.56. The van der Waals surface area contributed by atoms with Crippen LogP contribution in [0.15, 0.2) is 109 Å². The minimum absolute atomic E-state index is 1.19. The van der Waals surface area contributed by atoms with Crippen LogP contribution in [0.5, 0.6) is 0 Å². The summed E-state index contributed by atoms with van der Waals surface area (Å²) in [6.07, 6.45) is 2.05. The Kier molecular flexibility index (Phi) is 4.15. The van der Waals surface area contributed by atoms with Crippen molar-refractivity contribution in [2.45, 2.75) is 0 Å². The van der Waals surface area contributed by atoms with Gasteiger partial charge in [-0.1, -0.05) is 54.6 Å². The molecule has 0 saturated heterocycles. The van der Waals surface area contributed by atoms with Gasteiger partial charge in [-0.15, -0.1) is 0 Å². The third-order valence-electron chi connectivity index (χ3n) is 5.06. The molecule has 6 rings (SSSR count). The van der Waals surface area contributed by atoms with E-state index in [9.17, 15) is 0 Å². The van der Waals surface area contributed by atoms with E-state index in [0.29, 0.717) is 0 Å². The molecule has 0 aliphatic heterocycles. The van der Waals surface area contributed by atoms with E-state index in [2.05, 4.69) is 101 Å². The molecular weight excluding hydrogens is 340 g/mol. The van der Waals surface area contributed by atoms with Crippen molar-refractivity contribution in [1.29, 1.82) is 0 Å². The van der Waals surface area contributed by atoms with Crippen LogP contribution in [0.1, 0.15) is 0 Å². The van der Waals surface area contributed by atoms with E-state index in [0.717, 1.165) is 0 Å². The van der Waals surface area contributed by atoms with Crippen LogP contribution in [0, 0.1) is 0 Å². The normalized spacial score (nSPS) is 10.9. The Morgan fingerprint density at radius 2 is 0.929 bits per heavy atom. The molecule has 0 atom stereocenters. The molecule has 0 bridgehead atoms. The van der Waals surface area contributed by atoms with Crippen molar-refractivity contribution in [3.8, 4) is 0 Å². The molecule has 0 spiro atoms. The van der Waals surface area contributed by atoms with Gasteiger partial charge in [0.05, 0.1) is 5.39 Å². The number of nitrogens with one attached hydrogen (secondary N) is 2. The molecule has 4 aromatic carbocycles. The average molecular weight is 360 g/mol. The molecule has 2 heterocycles. The van der Waals surface area contributed by atoms with Crippen LogP contribution in [-0.4, -0.2) is 0 Å². The molecule has 28 heavy (non-hydrogen) atoms. The molecule has 0 saturated carbocycles. The van der Waals surface area contributed by atoms with Crippen LogP contribution in [0.4, 0.5) is 0 Å². The first-order chi connectivity index (χ1) is 13.9. The highest BCUT2D eigenvalue weighted by atomic mass is 14.7. The molecule has 0 amide bonds. The number of benzene rings is 4. The maximum absolute atomic E-state index is 3.41. The van der Waals surface area contributed by atoms with E-state index in [4.69, 9.17) is 0 Å². The fourth-order valence-corrected chi connectivity index (χ4v) is 3.65. The highest BCUT2D eigenvalue weighted by Crippen LogP contribution is 2.20. The van der Waals surface area contributed by atoms with Crippen molar-refractivity contribution in [3.63, 3.8) is 0 Å². The molecule has 6 aromatic rings. The summed E-state index contributed by atoms with van der Waals surface area (Å²) in [6, 6.07) is 35.7. The lowest BCUT2D eigenvalue weighted by atomic mass is 10.1. The van der Waals surface area contributed by atoms with Gasteiger partial charge in [0.1, 0.15) is 0 Å². The Balaban J connectivity index is 0.000000122. The number of pyridine rings is 2. The van der Waals surface area contributed by atoms with Crippen LogP contribution in [0.3, 0.4) is 0 Å². The zero-order chi connectivity index (χ0) is 18.8. The summed E-state index contributed by atoms with van der Waals surface area (Å²) >= 11 is 0. The van der Waals surface area contributed by atoms with Gasteiger partial charge in [0.2, 0.25) is 16.6 Å².